The van der Waals surface area contributed by atoms with Crippen LogP contribution in [0.15, 0.2) is 75.9 Å². The molecule has 4 rings (SSSR count). The molecule has 0 amide bonds. The molecule has 1 heterocycles. The van der Waals surface area contributed by atoms with Crippen molar-refractivity contribution in [3.8, 4) is 22.6 Å². The first kappa shape index (κ1) is 19.1. The van der Waals surface area contributed by atoms with Gasteiger partial charge in [0.25, 0.3) is 0 Å². The lowest BCUT2D eigenvalue weighted by molar-refractivity contribution is 0.306. The molecular formula is C24H19ClO4. The normalized spacial score (nSPS) is 10.9. The summed E-state index contributed by atoms with van der Waals surface area (Å²) in [7, 11) is 1.61. The lowest BCUT2D eigenvalue weighted by atomic mass is 10.0. The molecule has 0 radical (unpaired) electrons. The maximum atomic E-state index is 13.1. The Morgan fingerprint density at radius 1 is 0.931 bits per heavy atom. The number of fused-ring (bicyclic) bond motifs is 1. The summed E-state index contributed by atoms with van der Waals surface area (Å²) in [5, 5.41) is 1.20. The second-order valence-electron chi connectivity index (χ2n) is 6.66. The van der Waals surface area contributed by atoms with Crippen LogP contribution in [0.3, 0.4) is 0 Å². The lowest BCUT2D eigenvalue weighted by Gasteiger charge is -2.10. The number of aryl methyl sites for hydroxylation is 1. The number of halogens is 1. The molecule has 3 aromatic carbocycles. The summed E-state index contributed by atoms with van der Waals surface area (Å²) in [6.45, 7) is 2.19. The Morgan fingerprint density at radius 3 is 2.31 bits per heavy atom. The average Bonchev–Trinajstić information content (AvgIpc) is 2.73. The van der Waals surface area contributed by atoms with Gasteiger partial charge in [0.15, 0.2) is 0 Å². The molecular weight excluding hydrogens is 388 g/mol. The molecule has 0 bridgehead atoms. The fourth-order valence-electron chi connectivity index (χ4n) is 3.21. The van der Waals surface area contributed by atoms with Crippen molar-refractivity contribution in [3.63, 3.8) is 0 Å². The average molecular weight is 407 g/mol. The molecule has 5 heteroatoms. The van der Waals surface area contributed by atoms with E-state index in [-0.39, 0.29) is 5.43 Å². The van der Waals surface area contributed by atoms with E-state index in [0.717, 1.165) is 16.9 Å². The van der Waals surface area contributed by atoms with E-state index in [1.807, 2.05) is 48.5 Å². The Bertz CT molecular complexity index is 1210. The second-order valence-corrected chi connectivity index (χ2v) is 7.10. The van der Waals surface area contributed by atoms with Crippen LogP contribution in [-0.2, 0) is 6.61 Å². The Morgan fingerprint density at radius 2 is 1.62 bits per heavy atom. The molecule has 146 valence electrons. The first-order chi connectivity index (χ1) is 14.0. The maximum absolute atomic E-state index is 13.1. The number of rotatable bonds is 5. The SMILES string of the molecule is COc1ccc(-c2c(C)oc3cc(OCc4ccc(Cl)cc4)ccc3c2=O)cc1. The van der Waals surface area contributed by atoms with E-state index < -0.39 is 0 Å². The first-order valence-electron chi connectivity index (χ1n) is 9.14. The summed E-state index contributed by atoms with van der Waals surface area (Å²) in [6, 6.07) is 20.1. The standard InChI is InChI=1S/C24H19ClO4/c1-15-23(17-5-9-19(27-2)10-6-17)24(26)21-12-11-20(13-22(21)29-15)28-14-16-3-7-18(25)8-4-16/h3-13H,14H2,1-2H3. The van der Waals surface area contributed by atoms with Gasteiger partial charge in [0.05, 0.1) is 18.1 Å². The summed E-state index contributed by atoms with van der Waals surface area (Å²) in [5.74, 6) is 1.92. The van der Waals surface area contributed by atoms with Gasteiger partial charge in [-0.3, -0.25) is 4.79 Å². The Labute approximate surface area is 173 Å². The molecule has 0 fully saturated rings. The minimum Gasteiger partial charge on any atom is -0.497 e. The van der Waals surface area contributed by atoms with E-state index >= 15 is 0 Å². The van der Waals surface area contributed by atoms with E-state index in [4.69, 9.17) is 25.5 Å². The highest BCUT2D eigenvalue weighted by Crippen LogP contribution is 2.28. The molecule has 0 atom stereocenters. The quantitative estimate of drug-likeness (QED) is 0.407. The van der Waals surface area contributed by atoms with Crippen molar-refractivity contribution >= 4 is 22.6 Å². The van der Waals surface area contributed by atoms with Gasteiger partial charge < -0.3 is 13.9 Å². The Hall–Kier alpha value is -3.24. The topological polar surface area (TPSA) is 48.7 Å². The zero-order valence-electron chi connectivity index (χ0n) is 16.1. The number of hydrogen-bond donors (Lipinski definition) is 0. The van der Waals surface area contributed by atoms with Crippen LogP contribution >= 0.6 is 11.6 Å². The first-order valence-corrected chi connectivity index (χ1v) is 9.52. The van der Waals surface area contributed by atoms with Crippen LogP contribution in [0.5, 0.6) is 11.5 Å². The molecule has 29 heavy (non-hydrogen) atoms. The van der Waals surface area contributed by atoms with Gasteiger partial charge in [-0.2, -0.15) is 0 Å². The molecule has 0 aliphatic rings. The van der Waals surface area contributed by atoms with Crippen molar-refractivity contribution in [1.29, 1.82) is 0 Å². The third-order valence-electron chi connectivity index (χ3n) is 4.74. The molecule has 4 aromatic rings. The highest BCUT2D eigenvalue weighted by atomic mass is 35.5. The van der Waals surface area contributed by atoms with Gasteiger partial charge in [-0.05, 0) is 54.4 Å². The van der Waals surface area contributed by atoms with Crippen molar-refractivity contribution in [2.24, 2.45) is 0 Å². The third kappa shape index (κ3) is 3.98. The predicted molar refractivity (Wildman–Crippen MR) is 115 cm³/mol. The van der Waals surface area contributed by atoms with Gasteiger partial charge in [0.1, 0.15) is 29.4 Å². The summed E-state index contributed by atoms with van der Waals surface area (Å²) >= 11 is 5.91. The van der Waals surface area contributed by atoms with Crippen LogP contribution in [0.1, 0.15) is 11.3 Å². The zero-order chi connectivity index (χ0) is 20.4. The lowest BCUT2D eigenvalue weighted by Crippen LogP contribution is -2.07. The highest BCUT2D eigenvalue weighted by Gasteiger charge is 2.14. The fourth-order valence-corrected chi connectivity index (χ4v) is 3.34. The minimum atomic E-state index is -0.0711. The van der Waals surface area contributed by atoms with Crippen molar-refractivity contribution in [1.82, 2.24) is 0 Å². The van der Waals surface area contributed by atoms with Gasteiger partial charge in [0, 0.05) is 11.1 Å². The molecule has 0 saturated heterocycles. The molecule has 0 saturated carbocycles. The Balaban J connectivity index is 1.65. The van der Waals surface area contributed by atoms with Crippen LogP contribution in [0, 0.1) is 6.92 Å². The molecule has 0 N–H and O–H groups in total. The van der Waals surface area contributed by atoms with Gasteiger partial charge in [-0.1, -0.05) is 35.9 Å². The molecule has 4 nitrogen and oxygen atoms in total. The van der Waals surface area contributed by atoms with E-state index in [2.05, 4.69) is 0 Å². The van der Waals surface area contributed by atoms with Gasteiger partial charge in [0.2, 0.25) is 5.43 Å². The van der Waals surface area contributed by atoms with E-state index in [0.29, 0.717) is 39.7 Å². The highest BCUT2D eigenvalue weighted by molar-refractivity contribution is 6.30. The van der Waals surface area contributed by atoms with Crippen LogP contribution in [0.25, 0.3) is 22.1 Å². The second kappa shape index (κ2) is 8.02. The number of ether oxygens (including phenoxy) is 2. The summed E-state index contributed by atoms with van der Waals surface area (Å²) < 4.78 is 17.0. The molecule has 0 spiro atoms. The maximum Gasteiger partial charge on any atom is 0.200 e. The zero-order valence-corrected chi connectivity index (χ0v) is 16.8. The van der Waals surface area contributed by atoms with E-state index in [9.17, 15) is 4.79 Å². The van der Waals surface area contributed by atoms with Crippen molar-refractivity contribution in [2.75, 3.05) is 7.11 Å². The summed E-state index contributed by atoms with van der Waals surface area (Å²) in [5.41, 5.74) is 2.77. The van der Waals surface area contributed by atoms with Crippen molar-refractivity contribution in [3.05, 3.63) is 93.3 Å². The molecule has 1 aromatic heterocycles. The molecule has 0 unspecified atom stereocenters. The van der Waals surface area contributed by atoms with Gasteiger partial charge in [-0.25, -0.2) is 0 Å². The Kier molecular flexibility index (Phi) is 5.28. The monoisotopic (exact) mass is 406 g/mol. The van der Waals surface area contributed by atoms with Gasteiger partial charge >= 0.3 is 0 Å². The molecule has 0 aliphatic heterocycles. The summed E-state index contributed by atoms with van der Waals surface area (Å²) in [4.78, 5) is 13.1. The molecule has 0 aliphatic carbocycles. The smallest absolute Gasteiger partial charge is 0.200 e. The van der Waals surface area contributed by atoms with Gasteiger partial charge in [-0.15, -0.1) is 0 Å². The van der Waals surface area contributed by atoms with Crippen LogP contribution < -0.4 is 14.9 Å². The minimum absolute atomic E-state index is 0.0711. The number of benzene rings is 3. The van der Waals surface area contributed by atoms with Crippen LogP contribution in [0.2, 0.25) is 5.02 Å². The fraction of sp³-hybridized carbons (Fsp3) is 0.125. The number of methoxy groups -OCH3 is 1. The van der Waals surface area contributed by atoms with Crippen molar-refractivity contribution in [2.45, 2.75) is 13.5 Å². The predicted octanol–water partition coefficient (Wildman–Crippen LogP) is 6.01. The van der Waals surface area contributed by atoms with Crippen molar-refractivity contribution < 1.29 is 13.9 Å². The van der Waals surface area contributed by atoms with Crippen LogP contribution in [-0.4, -0.2) is 7.11 Å². The van der Waals surface area contributed by atoms with Crippen LogP contribution in [0.4, 0.5) is 0 Å². The van der Waals surface area contributed by atoms with E-state index in [1.54, 1.807) is 32.2 Å². The largest absolute Gasteiger partial charge is 0.497 e. The van der Waals surface area contributed by atoms with E-state index in [1.165, 1.54) is 0 Å². The third-order valence-corrected chi connectivity index (χ3v) is 4.99. The number of hydrogen-bond acceptors (Lipinski definition) is 4. The summed E-state index contributed by atoms with van der Waals surface area (Å²) in [6.07, 6.45) is 0.